The van der Waals surface area contributed by atoms with Crippen LogP contribution in [0.4, 0.5) is 5.95 Å². The molecular weight excluding hydrogens is 280 g/mol. The van der Waals surface area contributed by atoms with Gasteiger partial charge in [-0.15, -0.1) is 5.10 Å². The van der Waals surface area contributed by atoms with E-state index in [0.29, 0.717) is 17.2 Å². The molecule has 1 aromatic heterocycles. The minimum absolute atomic E-state index is 0.236. The highest BCUT2D eigenvalue weighted by Gasteiger charge is 2.31. The lowest BCUT2D eigenvalue weighted by atomic mass is 10.0. The molecule has 0 spiro atoms. The summed E-state index contributed by atoms with van der Waals surface area (Å²) in [5, 5.41) is 16.3. The van der Waals surface area contributed by atoms with Crippen LogP contribution in [0.5, 0.6) is 6.01 Å². The van der Waals surface area contributed by atoms with Gasteiger partial charge in [0.25, 0.3) is 0 Å². The summed E-state index contributed by atoms with van der Waals surface area (Å²) in [6.45, 7) is 9.29. The Balaban J connectivity index is 2.16. The van der Waals surface area contributed by atoms with Gasteiger partial charge in [-0.25, -0.2) is 9.53 Å². The summed E-state index contributed by atoms with van der Waals surface area (Å²) in [5.41, 5.74) is 2.69. The average molecular weight is 292 g/mol. The molecular formula is C15H12N6O. The molecule has 7 heteroatoms. The van der Waals surface area contributed by atoms with Crippen LogP contribution in [-0.4, -0.2) is 21.9 Å². The Hall–Kier alpha value is -3.32. The molecule has 0 aliphatic carbocycles. The number of hydrogen-bond donors (Lipinski definition) is 1. The van der Waals surface area contributed by atoms with Crippen LogP contribution in [0.15, 0.2) is 35.7 Å². The second kappa shape index (κ2) is 5.23. The predicted octanol–water partition coefficient (Wildman–Crippen LogP) is 2.32. The zero-order chi connectivity index (χ0) is 15.7. The van der Waals surface area contributed by atoms with E-state index in [4.69, 9.17) is 16.6 Å². The standard InChI is InChI=1S/C15H12N6O/c1-9-12(17-2)13(11-6-4-10(8-16)5-7-11)21-14(18-9)19-15(20-21)22-3/h4-7,13H,1,3H3,(H,18,19,20). The van der Waals surface area contributed by atoms with Gasteiger partial charge in [0.2, 0.25) is 11.6 Å². The van der Waals surface area contributed by atoms with Gasteiger partial charge >= 0.3 is 6.01 Å². The van der Waals surface area contributed by atoms with Crippen LogP contribution in [0.25, 0.3) is 4.85 Å². The maximum atomic E-state index is 8.91. The van der Waals surface area contributed by atoms with Crippen molar-refractivity contribution in [3.05, 3.63) is 58.2 Å². The van der Waals surface area contributed by atoms with Crippen molar-refractivity contribution in [3.63, 3.8) is 0 Å². The molecule has 1 aliphatic heterocycles. The summed E-state index contributed by atoms with van der Waals surface area (Å²) in [5.74, 6) is 0.524. The van der Waals surface area contributed by atoms with Crippen molar-refractivity contribution in [1.29, 1.82) is 5.26 Å². The minimum Gasteiger partial charge on any atom is -0.466 e. The molecule has 0 saturated carbocycles. The largest absolute Gasteiger partial charge is 0.466 e. The molecule has 2 aromatic rings. The topological polar surface area (TPSA) is 80.1 Å². The molecule has 1 atom stereocenters. The summed E-state index contributed by atoms with van der Waals surface area (Å²) >= 11 is 0. The normalized spacial score (nSPS) is 16.3. The third-order valence-corrected chi connectivity index (χ3v) is 3.46. The molecule has 0 bridgehead atoms. The Morgan fingerprint density at radius 2 is 2.14 bits per heavy atom. The summed E-state index contributed by atoms with van der Waals surface area (Å²) < 4.78 is 6.70. The fourth-order valence-electron chi connectivity index (χ4n) is 2.39. The first kappa shape index (κ1) is 13.7. The van der Waals surface area contributed by atoms with E-state index in [2.05, 4.69) is 26.3 Å². The van der Waals surface area contributed by atoms with Crippen LogP contribution in [0.2, 0.25) is 0 Å². The van der Waals surface area contributed by atoms with Crippen molar-refractivity contribution in [1.82, 2.24) is 14.8 Å². The molecule has 0 radical (unpaired) electrons. The number of nitrogens with one attached hydrogen (secondary N) is 1. The van der Waals surface area contributed by atoms with E-state index in [0.717, 1.165) is 11.3 Å². The van der Waals surface area contributed by atoms with E-state index < -0.39 is 6.04 Å². The molecule has 1 aliphatic rings. The van der Waals surface area contributed by atoms with Gasteiger partial charge in [-0.05, 0) is 24.6 Å². The molecule has 7 nitrogen and oxygen atoms in total. The van der Waals surface area contributed by atoms with E-state index in [1.165, 1.54) is 7.11 Å². The highest BCUT2D eigenvalue weighted by molar-refractivity contribution is 5.50. The number of benzene rings is 1. The molecule has 1 unspecified atom stereocenters. The lowest BCUT2D eigenvalue weighted by Crippen LogP contribution is -2.23. The lowest BCUT2D eigenvalue weighted by Gasteiger charge is -2.25. The number of anilines is 1. The molecule has 0 saturated heterocycles. The van der Waals surface area contributed by atoms with E-state index >= 15 is 0 Å². The second-order valence-corrected chi connectivity index (χ2v) is 4.75. The van der Waals surface area contributed by atoms with Crippen molar-refractivity contribution in [3.8, 4) is 12.1 Å². The van der Waals surface area contributed by atoms with Gasteiger partial charge in [0.15, 0.2) is 0 Å². The van der Waals surface area contributed by atoms with Crippen LogP contribution in [-0.2, 0) is 0 Å². The quantitative estimate of drug-likeness (QED) is 0.859. The Kier molecular flexibility index (Phi) is 3.24. The predicted molar refractivity (Wildman–Crippen MR) is 78.8 cm³/mol. The number of ether oxygens (including phenoxy) is 1. The highest BCUT2D eigenvalue weighted by Crippen LogP contribution is 2.36. The summed E-state index contributed by atoms with van der Waals surface area (Å²) in [6, 6.07) is 9.03. The van der Waals surface area contributed by atoms with Gasteiger partial charge in [0.1, 0.15) is 6.04 Å². The molecule has 108 valence electrons. The van der Waals surface area contributed by atoms with Crippen LogP contribution in [0.1, 0.15) is 24.1 Å². The van der Waals surface area contributed by atoms with Gasteiger partial charge < -0.3 is 10.1 Å². The molecule has 2 heterocycles. The minimum atomic E-state index is -0.391. The van der Waals surface area contributed by atoms with Crippen LogP contribution in [0.3, 0.4) is 0 Å². The number of allylic oxidation sites excluding steroid dienone is 2. The highest BCUT2D eigenvalue weighted by atomic mass is 16.5. The molecule has 3 rings (SSSR count). The van der Waals surface area contributed by atoms with E-state index in [1.54, 1.807) is 16.8 Å². The van der Waals surface area contributed by atoms with Gasteiger partial charge in [0, 0.05) is 5.70 Å². The number of nitrogens with zero attached hydrogens (tertiary/aromatic N) is 5. The van der Waals surface area contributed by atoms with Gasteiger partial charge in [-0.3, -0.25) is 0 Å². The first-order chi connectivity index (χ1) is 10.7. The number of aromatic nitrogens is 3. The number of hydrogen-bond acceptors (Lipinski definition) is 5. The Labute approximate surface area is 127 Å². The first-order valence-electron chi connectivity index (χ1n) is 6.53. The van der Waals surface area contributed by atoms with Crippen LogP contribution in [0, 0.1) is 17.9 Å². The molecule has 0 fully saturated rings. The Morgan fingerprint density at radius 1 is 1.41 bits per heavy atom. The third-order valence-electron chi connectivity index (χ3n) is 3.46. The van der Waals surface area contributed by atoms with E-state index in [-0.39, 0.29) is 6.01 Å². The maximum Gasteiger partial charge on any atom is 0.337 e. The van der Waals surface area contributed by atoms with Crippen molar-refractivity contribution < 1.29 is 4.74 Å². The summed E-state index contributed by atoms with van der Waals surface area (Å²) in [6.07, 6.45) is 0. The zero-order valence-electron chi connectivity index (χ0n) is 12.0. The second-order valence-electron chi connectivity index (χ2n) is 4.75. The number of methoxy groups -OCH3 is 1. The third kappa shape index (κ3) is 2.05. The van der Waals surface area contributed by atoms with Crippen molar-refractivity contribution >= 4 is 5.95 Å². The Bertz CT molecular complexity index is 834. The number of fused-ring (bicyclic) bond motifs is 1. The van der Waals surface area contributed by atoms with Crippen molar-refractivity contribution in [2.24, 2.45) is 0 Å². The molecule has 1 aromatic carbocycles. The van der Waals surface area contributed by atoms with E-state index in [9.17, 15) is 0 Å². The molecule has 22 heavy (non-hydrogen) atoms. The van der Waals surface area contributed by atoms with E-state index in [1.807, 2.05) is 19.1 Å². The monoisotopic (exact) mass is 292 g/mol. The first-order valence-corrected chi connectivity index (χ1v) is 6.53. The molecule has 1 N–H and O–H groups in total. The van der Waals surface area contributed by atoms with Crippen LogP contribution >= 0.6 is 0 Å². The fraction of sp³-hybridized carbons (Fsp3) is 0.200. The average Bonchev–Trinajstić information content (AvgIpc) is 2.96. The van der Waals surface area contributed by atoms with Gasteiger partial charge in [-0.1, -0.05) is 12.1 Å². The molecule has 0 amide bonds. The summed E-state index contributed by atoms with van der Waals surface area (Å²) in [7, 11) is 1.49. The van der Waals surface area contributed by atoms with Crippen molar-refractivity contribution in [2.75, 3.05) is 12.4 Å². The Morgan fingerprint density at radius 3 is 2.73 bits per heavy atom. The fourth-order valence-corrected chi connectivity index (χ4v) is 2.39. The van der Waals surface area contributed by atoms with Gasteiger partial charge in [-0.2, -0.15) is 10.2 Å². The zero-order valence-corrected chi connectivity index (χ0v) is 12.0. The summed E-state index contributed by atoms with van der Waals surface area (Å²) in [4.78, 5) is 7.86. The number of nitriles is 1. The maximum absolute atomic E-state index is 8.91. The van der Waals surface area contributed by atoms with Gasteiger partial charge in [0.05, 0.1) is 25.3 Å². The van der Waals surface area contributed by atoms with Crippen LogP contribution < -0.4 is 10.1 Å². The number of rotatable bonds is 2. The lowest BCUT2D eigenvalue weighted by molar-refractivity contribution is 0.374. The SMILES string of the molecule is [C-]#[N+]C1=C(C)Nc2nc(OC)nn2C1c1ccc(C#N)cc1. The smallest absolute Gasteiger partial charge is 0.337 e. The van der Waals surface area contributed by atoms with Crippen molar-refractivity contribution in [2.45, 2.75) is 13.0 Å².